The number of hydrogen-bond acceptors (Lipinski definition) is 4. The summed E-state index contributed by atoms with van der Waals surface area (Å²) >= 11 is 0. The number of ether oxygens (including phenoxy) is 1. The molecule has 6 heteroatoms. The molecule has 21 heavy (non-hydrogen) atoms. The first-order valence-electron chi connectivity index (χ1n) is 7.51. The van der Waals surface area contributed by atoms with Gasteiger partial charge in [0.25, 0.3) is 5.56 Å². The summed E-state index contributed by atoms with van der Waals surface area (Å²) in [6, 6.07) is 2.23. The van der Waals surface area contributed by atoms with Crippen LogP contribution < -0.4 is 5.56 Å². The van der Waals surface area contributed by atoms with E-state index in [1.807, 2.05) is 6.07 Å². The van der Waals surface area contributed by atoms with Crippen molar-refractivity contribution in [3.8, 4) is 0 Å². The fourth-order valence-corrected chi connectivity index (χ4v) is 2.96. The van der Waals surface area contributed by atoms with Crippen LogP contribution in [0, 0.1) is 0 Å². The van der Waals surface area contributed by atoms with Crippen molar-refractivity contribution in [2.75, 3.05) is 6.61 Å². The summed E-state index contributed by atoms with van der Waals surface area (Å²) in [5.41, 5.74) is 1.49. The summed E-state index contributed by atoms with van der Waals surface area (Å²) in [5.74, 6) is -0.214. The van der Waals surface area contributed by atoms with Crippen LogP contribution in [0.4, 0.5) is 0 Å². The predicted octanol–water partition coefficient (Wildman–Crippen LogP) is 1.89. The van der Waals surface area contributed by atoms with Crippen molar-refractivity contribution in [2.45, 2.75) is 44.6 Å². The van der Waals surface area contributed by atoms with Gasteiger partial charge in [-0.3, -0.25) is 4.79 Å². The van der Waals surface area contributed by atoms with E-state index in [0.717, 1.165) is 37.0 Å². The number of rotatable bonds is 4. The van der Waals surface area contributed by atoms with Crippen molar-refractivity contribution in [1.82, 2.24) is 14.2 Å². The summed E-state index contributed by atoms with van der Waals surface area (Å²) in [7, 11) is 0. The monoisotopic (exact) mass is 287 g/mol. The highest BCUT2D eigenvalue weighted by molar-refractivity contribution is 5.91. The van der Waals surface area contributed by atoms with Crippen LogP contribution in [0.3, 0.4) is 0 Å². The predicted molar refractivity (Wildman–Crippen MR) is 75.7 cm³/mol. The second-order valence-corrected chi connectivity index (χ2v) is 5.76. The highest BCUT2D eigenvalue weighted by Crippen LogP contribution is 2.46. The molecule has 4 rings (SSSR count). The standard InChI is InChI=1S/C15H17N3O3/c1-2-21-15(20)12-13(9-3-4-9)17(10-5-6-10)11-7-8-16-18(11)14(12)19/h7-10H,2-6H2,1H3. The van der Waals surface area contributed by atoms with Gasteiger partial charge < -0.3 is 9.30 Å². The van der Waals surface area contributed by atoms with Crippen LogP contribution in [0.15, 0.2) is 17.1 Å². The van der Waals surface area contributed by atoms with Crippen LogP contribution >= 0.6 is 0 Å². The molecule has 0 aliphatic heterocycles. The van der Waals surface area contributed by atoms with Gasteiger partial charge in [-0.05, 0) is 32.6 Å². The van der Waals surface area contributed by atoms with Gasteiger partial charge in [0, 0.05) is 23.7 Å². The lowest BCUT2D eigenvalue weighted by Gasteiger charge is -2.17. The molecule has 2 aliphatic carbocycles. The summed E-state index contributed by atoms with van der Waals surface area (Å²) in [4.78, 5) is 24.9. The van der Waals surface area contributed by atoms with Crippen molar-refractivity contribution < 1.29 is 9.53 Å². The molecule has 0 radical (unpaired) electrons. The quantitative estimate of drug-likeness (QED) is 0.805. The zero-order chi connectivity index (χ0) is 14.6. The topological polar surface area (TPSA) is 65.6 Å². The van der Waals surface area contributed by atoms with Crippen LogP contribution in [-0.2, 0) is 4.74 Å². The SMILES string of the molecule is CCOC(=O)c1c(C2CC2)n(C2CC2)c2ccnn2c1=O. The Kier molecular flexibility index (Phi) is 2.67. The van der Waals surface area contributed by atoms with E-state index >= 15 is 0 Å². The minimum atomic E-state index is -0.517. The van der Waals surface area contributed by atoms with Crippen LogP contribution in [-0.4, -0.2) is 26.8 Å². The van der Waals surface area contributed by atoms with E-state index in [9.17, 15) is 9.59 Å². The van der Waals surface area contributed by atoms with Gasteiger partial charge in [0.1, 0.15) is 11.2 Å². The molecular formula is C15H17N3O3. The summed E-state index contributed by atoms with van der Waals surface area (Å²) in [5, 5.41) is 4.09. The molecule has 0 N–H and O–H groups in total. The van der Waals surface area contributed by atoms with Crippen molar-refractivity contribution >= 4 is 11.6 Å². The van der Waals surface area contributed by atoms with Crippen molar-refractivity contribution in [3.63, 3.8) is 0 Å². The third-order valence-electron chi connectivity index (χ3n) is 4.15. The zero-order valence-electron chi connectivity index (χ0n) is 11.9. The van der Waals surface area contributed by atoms with Crippen molar-refractivity contribution in [3.05, 3.63) is 33.9 Å². The van der Waals surface area contributed by atoms with Gasteiger partial charge in [-0.1, -0.05) is 0 Å². The highest BCUT2D eigenvalue weighted by atomic mass is 16.5. The van der Waals surface area contributed by atoms with Gasteiger partial charge in [-0.2, -0.15) is 9.61 Å². The minimum absolute atomic E-state index is 0.183. The van der Waals surface area contributed by atoms with E-state index in [4.69, 9.17) is 4.74 Å². The second kappa shape index (κ2) is 4.44. The van der Waals surface area contributed by atoms with E-state index < -0.39 is 5.97 Å². The molecule has 0 saturated heterocycles. The lowest BCUT2D eigenvalue weighted by molar-refractivity contribution is 0.0521. The number of carbonyl (C=O) groups excluding carboxylic acids is 1. The first-order valence-corrected chi connectivity index (χ1v) is 7.51. The van der Waals surface area contributed by atoms with Crippen LogP contribution in [0.2, 0.25) is 0 Å². The number of fused-ring (bicyclic) bond motifs is 1. The fourth-order valence-electron chi connectivity index (χ4n) is 2.96. The Labute approximate surface area is 121 Å². The Hall–Kier alpha value is -2.11. The van der Waals surface area contributed by atoms with E-state index in [1.54, 1.807) is 13.1 Å². The minimum Gasteiger partial charge on any atom is -0.462 e. The molecule has 110 valence electrons. The molecule has 2 aliphatic rings. The Morgan fingerprint density at radius 2 is 2.14 bits per heavy atom. The maximum absolute atomic E-state index is 12.6. The molecule has 2 aromatic heterocycles. The van der Waals surface area contributed by atoms with E-state index in [-0.39, 0.29) is 17.7 Å². The van der Waals surface area contributed by atoms with Crippen molar-refractivity contribution in [1.29, 1.82) is 0 Å². The van der Waals surface area contributed by atoms with Gasteiger partial charge in [0.2, 0.25) is 0 Å². The molecule has 2 heterocycles. The molecule has 0 spiro atoms. The summed E-state index contributed by atoms with van der Waals surface area (Å²) < 4.78 is 8.60. The number of hydrogen-bond donors (Lipinski definition) is 0. The molecule has 6 nitrogen and oxygen atoms in total. The summed E-state index contributed by atoms with van der Waals surface area (Å²) in [6.45, 7) is 2.02. The molecule has 2 fully saturated rings. The molecule has 0 atom stereocenters. The molecule has 2 saturated carbocycles. The largest absolute Gasteiger partial charge is 0.462 e. The third kappa shape index (κ3) is 1.89. The number of aromatic nitrogens is 3. The lowest BCUT2D eigenvalue weighted by atomic mass is 10.1. The number of carbonyl (C=O) groups is 1. The van der Waals surface area contributed by atoms with Gasteiger partial charge in [-0.25, -0.2) is 4.79 Å². The maximum atomic E-state index is 12.6. The van der Waals surface area contributed by atoms with E-state index in [1.165, 1.54) is 4.52 Å². The molecular weight excluding hydrogens is 270 g/mol. The Balaban J connectivity index is 2.05. The van der Waals surface area contributed by atoms with Gasteiger partial charge >= 0.3 is 5.97 Å². The first kappa shape index (κ1) is 12.6. The number of nitrogens with zero attached hydrogens (tertiary/aromatic N) is 3. The van der Waals surface area contributed by atoms with Gasteiger partial charge in [0.05, 0.1) is 12.8 Å². The third-order valence-corrected chi connectivity index (χ3v) is 4.15. The van der Waals surface area contributed by atoms with Crippen LogP contribution in [0.1, 0.15) is 60.6 Å². The van der Waals surface area contributed by atoms with E-state index in [2.05, 4.69) is 9.67 Å². The molecule has 0 amide bonds. The summed E-state index contributed by atoms with van der Waals surface area (Å²) in [6.07, 6.45) is 5.85. The highest BCUT2D eigenvalue weighted by Gasteiger charge is 2.38. The first-order chi connectivity index (χ1) is 10.2. The molecule has 0 unspecified atom stereocenters. The second-order valence-electron chi connectivity index (χ2n) is 5.76. The molecule has 2 aromatic rings. The number of esters is 1. The van der Waals surface area contributed by atoms with Crippen LogP contribution in [0.5, 0.6) is 0 Å². The zero-order valence-corrected chi connectivity index (χ0v) is 11.9. The fraction of sp³-hybridized carbons (Fsp3) is 0.533. The maximum Gasteiger partial charge on any atom is 0.345 e. The van der Waals surface area contributed by atoms with Gasteiger partial charge in [0.15, 0.2) is 0 Å². The Bertz CT molecular complexity index is 781. The average molecular weight is 287 g/mol. The van der Waals surface area contributed by atoms with Gasteiger partial charge in [-0.15, -0.1) is 0 Å². The lowest BCUT2D eigenvalue weighted by Crippen LogP contribution is -2.30. The Morgan fingerprint density at radius 3 is 2.76 bits per heavy atom. The molecule has 0 aromatic carbocycles. The van der Waals surface area contributed by atoms with Crippen LogP contribution in [0.25, 0.3) is 5.65 Å². The smallest absolute Gasteiger partial charge is 0.345 e. The normalized spacial score (nSPS) is 18.1. The van der Waals surface area contributed by atoms with E-state index in [0.29, 0.717) is 12.0 Å². The molecule has 0 bridgehead atoms. The Morgan fingerprint density at radius 1 is 1.38 bits per heavy atom. The van der Waals surface area contributed by atoms with Crippen molar-refractivity contribution in [2.24, 2.45) is 0 Å². The average Bonchev–Trinajstić information content (AvgIpc) is 3.36.